The van der Waals surface area contributed by atoms with E-state index < -0.39 is 0 Å². The van der Waals surface area contributed by atoms with E-state index in [1.54, 1.807) is 19.1 Å². The Balaban J connectivity index is 1.59. The van der Waals surface area contributed by atoms with Gasteiger partial charge in [-0.2, -0.15) is 0 Å². The number of amides is 1. The van der Waals surface area contributed by atoms with Crippen LogP contribution in [-0.4, -0.2) is 29.1 Å². The van der Waals surface area contributed by atoms with Crippen LogP contribution < -0.4 is 10.2 Å². The highest BCUT2D eigenvalue weighted by Crippen LogP contribution is 2.41. The molecule has 2 heterocycles. The second-order valence-electron chi connectivity index (χ2n) is 7.89. The zero-order chi connectivity index (χ0) is 19.7. The molecule has 1 aliphatic heterocycles. The predicted octanol–water partition coefficient (Wildman–Crippen LogP) is 3.50. The van der Waals surface area contributed by atoms with Gasteiger partial charge < -0.3 is 15.3 Å². The summed E-state index contributed by atoms with van der Waals surface area (Å²) in [5.41, 5.74) is 3.48. The fourth-order valence-electron chi connectivity index (χ4n) is 3.87. The van der Waals surface area contributed by atoms with Gasteiger partial charge in [-0.15, -0.1) is 0 Å². The van der Waals surface area contributed by atoms with Gasteiger partial charge in [0.2, 0.25) is 0 Å². The maximum atomic E-state index is 13.6. The van der Waals surface area contributed by atoms with Gasteiger partial charge in [0, 0.05) is 24.3 Å². The normalized spacial score (nSPS) is 17.6. The van der Waals surface area contributed by atoms with Crippen molar-refractivity contribution in [3.05, 3.63) is 58.7 Å². The molecule has 1 aromatic carbocycles. The number of rotatable bonds is 6. The third-order valence-electron chi connectivity index (χ3n) is 5.66. The molecular weight excluding hydrogens is 357 g/mol. The smallest absolute Gasteiger partial charge is 0.251 e. The van der Waals surface area contributed by atoms with Crippen LogP contribution in [-0.2, 0) is 6.61 Å². The molecule has 1 saturated heterocycles. The first kappa shape index (κ1) is 18.9. The lowest BCUT2D eigenvalue weighted by atomic mass is 10.0. The number of nitrogens with one attached hydrogen (secondary N) is 1. The molecule has 2 N–H and O–H groups in total. The molecule has 28 heavy (non-hydrogen) atoms. The first-order chi connectivity index (χ1) is 13.5. The van der Waals surface area contributed by atoms with Gasteiger partial charge in [-0.25, -0.2) is 4.39 Å². The topological polar surface area (TPSA) is 65.5 Å². The number of benzene rings is 1. The van der Waals surface area contributed by atoms with Gasteiger partial charge in [0.1, 0.15) is 5.82 Å². The average molecular weight is 383 g/mol. The Kier molecular flexibility index (Phi) is 5.31. The molecule has 4 rings (SSSR count). The molecule has 6 heteroatoms. The predicted molar refractivity (Wildman–Crippen MR) is 106 cm³/mol. The van der Waals surface area contributed by atoms with Crippen molar-refractivity contribution in [2.75, 3.05) is 18.0 Å². The van der Waals surface area contributed by atoms with Crippen LogP contribution in [0.25, 0.3) is 0 Å². The lowest BCUT2D eigenvalue weighted by Gasteiger charge is -2.21. The van der Waals surface area contributed by atoms with Crippen molar-refractivity contribution in [2.24, 2.45) is 5.92 Å². The molecule has 0 spiro atoms. The standard InChI is InChI=1S/C22H26FN3O2/c1-14-8-20(24-12-19(14)23)21(16-4-5-16)25-22(28)17-9-15(13-27)10-18(11-17)26-6-2-3-7-26/h8-12,16,21,27H,2-7,13H2,1H3,(H,25,28). The minimum absolute atomic E-state index is 0.104. The Hall–Kier alpha value is -2.47. The monoisotopic (exact) mass is 383 g/mol. The Labute approximate surface area is 164 Å². The van der Waals surface area contributed by atoms with Gasteiger partial charge in [-0.05, 0) is 73.9 Å². The van der Waals surface area contributed by atoms with Gasteiger partial charge >= 0.3 is 0 Å². The van der Waals surface area contributed by atoms with Crippen molar-refractivity contribution >= 4 is 11.6 Å². The number of aliphatic hydroxyl groups is 1. The van der Waals surface area contributed by atoms with Gasteiger partial charge in [-0.3, -0.25) is 9.78 Å². The molecule has 148 valence electrons. The molecule has 1 aromatic heterocycles. The molecule has 0 radical (unpaired) electrons. The molecule has 1 aliphatic carbocycles. The van der Waals surface area contributed by atoms with Crippen molar-refractivity contribution in [3.8, 4) is 0 Å². The van der Waals surface area contributed by atoms with Crippen LogP contribution in [0.4, 0.5) is 10.1 Å². The molecular formula is C22H26FN3O2. The second-order valence-corrected chi connectivity index (χ2v) is 7.89. The number of halogens is 1. The molecule has 1 saturated carbocycles. The third kappa shape index (κ3) is 4.02. The lowest BCUT2D eigenvalue weighted by molar-refractivity contribution is 0.0930. The van der Waals surface area contributed by atoms with E-state index in [4.69, 9.17) is 0 Å². The van der Waals surface area contributed by atoms with Crippen LogP contribution in [0, 0.1) is 18.7 Å². The van der Waals surface area contributed by atoms with Crippen molar-refractivity contribution in [1.82, 2.24) is 10.3 Å². The highest BCUT2D eigenvalue weighted by atomic mass is 19.1. The molecule has 1 atom stereocenters. The first-order valence-electron chi connectivity index (χ1n) is 9.98. The van der Waals surface area contributed by atoms with Gasteiger partial charge in [-0.1, -0.05) is 0 Å². The molecule has 1 amide bonds. The minimum atomic E-state index is -0.337. The van der Waals surface area contributed by atoms with E-state index in [9.17, 15) is 14.3 Å². The first-order valence-corrected chi connectivity index (χ1v) is 9.98. The summed E-state index contributed by atoms with van der Waals surface area (Å²) >= 11 is 0. The fraction of sp³-hybridized carbons (Fsp3) is 0.455. The van der Waals surface area contributed by atoms with E-state index in [1.165, 1.54) is 6.20 Å². The molecule has 2 aromatic rings. The van der Waals surface area contributed by atoms with Crippen LogP contribution in [0.15, 0.2) is 30.5 Å². The van der Waals surface area contributed by atoms with Crippen LogP contribution in [0.2, 0.25) is 0 Å². The third-order valence-corrected chi connectivity index (χ3v) is 5.66. The number of aryl methyl sites for hydroxylation is 1. The zero-order valence-electron chi connectivity index (χ0n) is 16.1. The van der Waals surface area contributed by atoms with Gasteiger partial charge in [0.15, 0.2) is 0 Å². The van der Waals surface area contributed by atoms with Crippen molar-refractivity contribution in [1.29, 1.82) is 0 Å². The quantitative estimate of drug-likeness (QED) is 0.801. The summed E-state index contributed by atoms with van der Waals surface area (Å²) in [5.74, 6) is -0.188. The summed E-state index contributed by atoms with van der Waals surface area (Å²) < 4.78 is 13.6. The van der Waals surface area contributed by atoms with Crippen molar-refractivity contribution in [2.45, 2.75) is 45.3 Å². The van der Waals surface area contributed by atoms with Gasteiger partial charge in [0.25, 0.3) is 5.91 Å². The highest BCUT2D eigenvalue weighted by Gasteiger charge is 2.35. The average Bonchev–Trinajstić information content (AvgIpc) is 3.40. The Morgan fingerprint density at radius 3 is 2.68 bits per heavy atom. The number of aromatic nitrogens is 1. The maximum Gasteiger partial charge on any atom is 0.251 e. The number of carbonyl (C=O) groups is 1. The fourth-order valence-corrected chi connectivity index (χ4v) is 3.87. The molecule has 0 bridgehead atoms. The summed E-state index contributed by atoms with van der Waals surface area (Å²) in [6, 6.07) is 7.08. The number of hydrogen-bond donors (Lipinski definition) is 2. The van der Waals surface area contributed by atoms with Crippen molar-refractivity contribution in [3.63, 3.8) is 0 Å². The molecule has 5 nitrogen and oxygen atoms in total. The number of nitrogens with zero attached hydrogens (tertiary/aromatic N) is 2. The second kappa shape index (κ2) is 7.87. The Bertz CT molecular complexity index is 876. The summed E-state index contributed by atoms with van der Waals surface area (Å²) in [6.45, 7) is 3.55. The highest BCUT2D eigenvalue weighted by molar-refractivity contribution is 5.95. The van der Waals surface area contributed by atoms with E-state index in [0.29, 0.717) is 22.7 Å². The van der Waals surface area contributed by atoms with E-state index in [-0.39, 0.29) is 24.4 Å². The maximum absolute atomic E-state index is 13.6. The van der Waals surface area contributed by atoms with Gasteiger partial charge in [0.05, 0.1) is 24.5 Å². The molecule has 2 fully saturated rings. The largest absolute Gasteiger partial charge is 0.392 e. The number of aliphatic hydroxyl groups excluding tert-OH is 1. The summed E-state index contributed by atoms with van der Waals surface area (Å²) in [6.07, 6.45) is 5.57. The zero-order valence-corrected chi connectivity index (χ0v) is 16.1. The van der Waals surface area contributed by atoms with E-state index in [2.05, 4.69) is 15.2 Å². The number of anilines is 1. The number of carbonyl (C=O) groups excluding carboxylic acids is 1. The summed E-state index contributed by atoms with van der Waals surface area (Å²) in [5, 5.41) is 12.7. The van der Waals surface area contributed by atoms with Crippen LogP contribution in [0.5, 0.6) is 0 Å². The molecule has 1 unspecified atom stereocenters. The van der Waals surface area contributed by atoms with E-state index >= 15 is 0 Å². The summed E-state index contributed by atoms with van der Waals surface area (Å²) in [4.78, 5) is 19.5. The van der Waals surface area contributed by atoms with Crippen LogP contribution in [0.1, 0.15) is 58.9 Å². The Morgan fingerprint density at radius 1 is 1.29 bits per heavy atom. The van der Waals surface area contributed by atoms with Crippen LogP contribution >= 0.6 is 0 Å². The van der Waals surface area contributed by atoms with E-state index in [1.807, 2.05) is 12.1 Å². The molecule has 2 aliphatic rings. The lowest BCUT2D eigenvalue weighted by Crippen LogP contribution is -2.31. The SMILES string of the molecule is Cc1cc(C(NC(=O)c2cc(CO)cc(N3CCCC3)c2)C2CC2)ncc1F. The van der Waals surface area contributed by atoms with Crippen molar-refractivity contribution < 1.29 is 14.3 Å². The Morgan fingerprint density at radius 2 is 2.04 bits per heavy atom. The van der Waals surface area contributed by atoms with Crippen LogP contribution in [0.3, 0.4) is 0 Å². The number of pyridine rings is 1. The summed E-state index contributed by atoms with van der Waals surface area (Å²) in [7, 11) is 0. The minimum Gasteiger partial charge on any atom is -0.392 e. The number of hydrogen-bond acceptors (Lipinski definition) is 4. The van der Waals surface area contributed by atoms with E-state index in [0.717, 1.165) is 50.0 Å².